The van der Waals surface area contributed by atoms with Crippen LogP contribution in [-0.4, -0.2) is 15.7 Å². The molecular formula is C17H12N4O2. The van der Waals surface area contributed by atoms with E-state index in [2.05, 4.69) is 10.4 Å². The van der Waals surface area contributed by atoms with Gasteiger partial charge in [-0.1, -0.05) is 18.2 Å². The van der Waals surface area contributed by atoms with E-state index in [4.69, 9.17) is 5.26 Å². The van der Waals surface area contributed by atoms with Crippen molar-refractivity contribution in [2.24, 2.45) is 0 Å². The van der Waals surface area contributed by atoms with Gasteiger partial charge in [0.2, 0.25) is 5.91 Å². The number of nitriles is 1. The molecule has 2 aromatic carbocycles. The van der Waals surface area contributed by atoms with Crippen molar-refractivity contribution in [3.63, 3.8) is 0 Å². The van der Waals surface area contributed by atoms with E-state index < -0.39 is 0 Å². The number of hydrogen-bond donors (Lipinski definition) is 1. The molecule has 0 aliphatic carbocycles. The van der Waals surface area contributed by atoms with Gasteiger partial charge < -0.3 is 5.32 Å². The predicted octanol–water partition coefficient (Wildman–Crippen LogP) is 1.91. The monoisotopic (exact) mass is 304 g/mol. The van der Waals surface area contributed by atoms with Gasteiger partial charge in [-0.05, 0) is 30.3 Å². The van der Waals surface area contributed by atoms with Crippen LogP contribution in [0, 0.1) is 11.3 Å². The number of amides is 1. The standard InChI is InChI=1S/C17H12N4O2/c18-9-12-5-7-14(8-6-12)20-16(22)11-21-17(23)15-4-2-1-3-13(15)10-19-21/h1-8,10H,11H2,(H,20,22). The average Bonchev–Trinajstić information content (AvgIpc) is 2.58. The third-order valence-corrected chi connectivity index (χ3v) is 3.35. The number of nitrogens with zero attached hydrogens (tertiary/aromatic N) is 3. The Morgan fingerprint density at radius 2 is 1.91 bits per heavy atom. The third-order valence-electron chi connectivity index (χ3n) is 3.35. The van der Waals surface area contributed by atoms with Crippen molar-refractivity contribution >= 4 is 22.4 Å². The van der Waals surface area contributed by atoms with Crippen LogP contribution in [0.3, 0.4) is 0 Å². The van der Waals surface area contributed by atoms with E-state index in [1.165, 1.54) is 0 Å². The van der Waals surface area contributed by atoms with Crippen molar-refractivity contribution < 1.29 is 4.79 Å². The molecule has 23 heavy (non-hydrogen) atoms. The van der Waals surface area contributed by atoms with Crippen LogP contribution in [0.2, 0.25) is 0 Å². The second kappa shape index (κ2) is 6.12. The van der Waals surface area contributed by atoms with Gasteiger partial charge in [0.1, 0.15) is 6.54 Å². The van der Waals surface area contributed by atoms with Crippen LogP contribution in [0.4, 0.5) is 5.69 Å². The van der Waals surface area contributed by atoms with Gasteiger partial charge in [0, 0.05) is 11.1 Å². The van der Waals surface area contributed by atoms with E-state index >= 15 is 0 Å². The number of hydrogen-bond acceptors (Lipinski definition) is 4. The SMILES string of the molecule is N#Cc1ccc(NC(=O)Cn2ncc3ccccc3c2=O)cc1. The van der Waals surface area contributed by atoms with Crippen molar-refractivity contribution in [3.05, 3.63) is 70.6 Å². The third kappa shape index (κ3) is 3.09. The lowest BCUT2D eigenvalue weighted by Gasteiger charge is -2.07. The molecule has 112 valence electrons. The summed E-state index contributed by atoms with van der Waals surface area (Å²) in [6, 6.07) is 15.6. The molecule has 0 spiro atoms. The van der Waals surface area contributed by atoms with Crippen LogP contribution in [0.25, 0.3) is 10.8 Å². The summed E-state index contributed by atoms with van der Waals surface area (Å²) in [5.74, 6) is -0.361. The zero-order chi connectivity index (χ0) is 16.2. The van der Waals surface area contributed by atoms with Gasteiger partial charge in [0.05, 0.1) is 23.2 Å². The number of rotatable bonds is 3. The Labute approximate surface area is 131 Å². The molecule has 0 aliphatic rings. The summed E-state index contributed by atoms with van der Waals surface area (Å²) in [6.07, 6.45) is 1.56. The van der Waals surface area contributed by atoms with Gasteiger partial charge in [-0.3, -0.25) is 9.59 Å². The van der Waals surface area contributed by atoms with Crippen molar-refractivity contribution in [2.45, 2.75) is 6.54 Å². The van der Waals surface area contributed by atoms with Crippen molar-refractivity contribution in [3.8, 4) is 6.07 Å². The molecule has 3 aromatic rings. The van der Waals surface area contributed by atoms with Crippen LogP contribution in [-0.2, 0) is 11.3 Å². The highest BCUT2D eigenvalue weighted by atomic mass is 16.2. The van der Waals surface area contributed by atoms with Crippen LogP contribution in [0.5, 0.6) is 0 Å². The molecule has 0 atom stereocenters. The normalized spacial score (nSPS) is 10.2. The Kier molecular flexibility index (Phi) is 3.85. The number of carbonyl (C=O) groups excluding carboxylic acids is 1. The maximum Gasteiger partial charge on any atom is 0.275 e. The van der Waals surface area contributed by atoms with Gasteiger partial charge in [0.15, 0.2) is 0 Å². The van der Waals surface area contributed by atoms with Crippen molar-refractivity contribution in [2.75, 3.05) is 5.32 Å². The van der Waals surface area contributed by atoms with Crippen LogP contribution in [0.15, 0.2) is 59.5 Å². The average molecular weight is 304 g/mol. The largest absolute Gasteiger partial charge is 0.324 e. The molecule has 0 fully saturated rings. The first-order valence-corrected chi connectivity index (χ1v) is 6.92. The van der Waals surface area contributed by atoms with E-state index in [0.29, 0.717) is 16.6 Å². The molecule has 0 radical (unpaired) electrons. The Morgan fingerprint density at radius 3 is 2.65 bits per heavy atom. The number of nitrogens with one attached hydrogen (secondary N) is 1. The fourth-order valence-corrected chi connectivity index (χ4v) is 2.20. The van der Waals surface area contributed by atoms with Crippen molar-refractivity contribution in [1.82, 2.24) is 9.78 Å². The number of aromatic nitrogens is 2. The van der Waals surface area contributed by atoms with Crippen LogP contribution >= 0.6 is 0 Å². The van der Waals surface area contributed by atoms with Crippen LogP contribution in [0.1, 0.15) is 5.56 Å². The summed E-state index contributed by atoms with van der Waals surface area (Å²) in [7, 11) is 0. The maximum absolute atomic E-state index is 12.3. The number of fused-ring (bicyclic) bond motifs is 1. The topological polar surface area (TPSA) is 87.8 Å². The second-order valence-corrected chi connectivity index (χ2v) is 4.93. The summed E-state index contributed by atoms with van der Waals surface area (Å²) >= 11 is 0. The molecule has 1 heterocycles. The molecule has 1 N–H and O–H groups in total. The van der Waals surface area contributed by atoms with E-state index in [1.807, 2.05) is 12.1 Å². The van der Waals surface area contributed by atoms with Gasteiger partial charge in [-0.2, -0.15) is 10.4 Å². The zero-order valence-corrected chi connectivity index (χ0v) is 12.1. The Hall–Kier alpha value is -3.46. The molecule has 1 aromatic heterocycles. The van der Waals surface area contributed by atoms with Gasteiger partial charge >= 0.3 is 0 Å². The summed E-state index contributed by atoms with van der Waals surface area (Å²) in [5, 5.41) is 16.7. The van der Waals surface area contributed by atoms with Crippen LogP contribution < -0.4 is 10.9 Å². The summed E-state index contributed by atoms with van der Waals surface area (Å²) in [4.78, 5) is 24.3. The quantitative estimate of drug-likeness (QED) is 0.800. The molecule has 3 rings (SSSR count). The fraction of sp³-hybridized carbons (Fsp3) is 0.0588. The summed E-state index contributed by atoms with van der Waals surface area (Å²) < 4.78 is 1.13. The Balaban J connectivity index is 1.78. The summed E-state index contributed by atoms with van der Waals surface area (Å²) in [5.41, 5.74) is 0.760. The number of anilines is 1. The lowest BCUT2D eigenvalue weighted by atomic mass is 10.2. The molecule has 0 unspecified atom stereocenters. The molecule has 0 bridgehead atoms. The predicted molar refractivity (Wildman–Crippen MR) is 85.8 cm³/mol. The van der Waals surface area contributed by atoms with Crippen molar-refractivity contribution in [1.29, 1.82) is 5.26 Å². The highest BCUT2D eigenvalue weighted by Crippen LogP contribution is 2.09. The molecule has 1 amide bonds. The minimum atomic E-state index is -0.361. The number of carbonyl (C=O) groups is 1. The van der Waals surface area contributed by atoms with Gasteiger partial charge in [-0.25, -0.2) is 4.68 Å². The lowest BCUT2D eigenvalue weighted by molar-refractivity contribution is -0.117. The minimum absolute atomic E-state index is 0.177. The first-order chi connectivity index (χ1) is 11.2. The highest BCUT2D eigenvalue weighted by Gasteiger charge is 2.08. The molecule has 0 saturated heterocycles. The molecule has 0 saturated carbocycles. The first-order valence-electron chi connectivity index (χ1n) is 6.92. The number of benzene rings is 2. The lowest BCUT2D eigenvalue weighted by Crippen LogP contribution is -2.29. The smallest absolute Gasteiger partial charge is 0.275 e. The Morgan fingerprint density at radius 1 is 1.17 bits per heavy atom. The van der Waals surface area contributed by atoms with E-state index in [0.717, 1.165) is 10.1 Å². The summed E-state index contributed by atoms with van der Waals surface area (Å²) in [6.45, 7) is -0.177. The fourth-order valence-electron chi connectivity index (χ4n) is 2.20. The maximum atomic E-state index is 12.3. The minimum Gasteiger partial charge on any atom is -0.324 e. The first kappa shape index (κ1) is 14.5. The van der Waals surface area contributed by atoms with Gasteiger partial charge in [-0.15, -0.1) is 0 Å². The highest BCUT2D eigenvalue weighted by molar-refractivity contribution is 5.90. The Bertz CT molecular complexity index is 968. The van der Waals surface area contributed by atoms with E-state index in [9.17, 15) is 9.59 Å². The molecule has 0 aliphatic heterocycles. The molecule has 6 heteroatoms. The van der Waals surface area contributed by atoms with Gasteiger partial charge in [0.25, 0.3) is 5.56 Å². The second-order valence-electron chi connectivity index (χ2n) is 4.93. The molecular weight excluding hydrogens is 292 g/mol. The van der Waals surface area contributed by atoms with E-state index in [-0.39, 0.29) is 18.0 Å². The molecule has 6 nitrogen and oxygen atoms in total. The van der Waals surface area contributed by atoms with E-state index in [1.54, 1.807) is 48.7 Å². The zero-order valence-electron chi connectivity index (χ0n) is 12.1.